The van der Waals surface area contributed by atoms with Gasteiger partial charge < -0.3 is 10.0 Å². The van der Waals surface area contributed by atoms with Crippen LogP contribution < -0.4 is 0 Å². The summed E-state index contributed by atoms with van der Waals surface area (Å²) in [6, 6.07) is 9.34. The van der Waals surface area contributed by atoms with Gasteiger partial charge in [0.05, 0.1) is 5.52 Å². The summed E-state index contributed by atoms with van der Waals surface area (Å²) in [5, 5.41) is 9.87. The maximum Gasteiger partial charge on any atom is 0.254 e. The zero-order valence-corrected chi connectivity index (χ0v) is 9.91. The first-order chi connectivity index (χ1) is 8.79. The fourth-order valence-electron chi connectivity index (χ4n) is 2.31. The first-order valence-corrected chi connectivity index (χ1v) is 6.03. The molecule has 1 aliphatic rings. The zero-order valence-electron chi connectivity index (χ0n) is 9.91. The fraction of sp³-hybridized carbons (Fsp3) is 0.286. The lowest BCUT2D eigenvalue weighted by Gasteiger charge is -2.38. The van der Waals surface area contributed by atoms with Crippen LogP contribution in [0.2, 0.25) is 0 Å². The number of benzene rings is 1. The SMILES string of the molecule is O=C(c1cccc2ncccc12)N1CC(CO)C1. The number of carbonyl (C=O) groups is 1. The molecule has 2 aromatic rings. The molecule has 1 N–H and O–H groups in total. The Labute approximate surface area is 105 Å². The number of likely N-dealkylation sites (tertiary alicyclic amines) is 1. The number of hydrogen-bond acceptors (Lipinski definition) is 3. The van der Waals surface area contributed by atoms with E-state index < -0.39 is 0 Å². The van der Waals surface area contributed by atoms with Crippen LogP contribution in [0, 0.1) is 5.92 Å². The van der Waals surface area contributed by atoms with Crippen molar-refractivity contribution in [2.24, 2.45) is 5.92 Å². The van der Waals surface area contributed by atoms with E-state index in [1.807, 2.05) is 30.3 Å². The number of carbonyl (C=O) groups excluding carboxylic acids is 1. The summed E-state index contributed by atoms with van der Waals surface area (Å²) in [5.74, 6) is 0.264. The predicted molar refractivity (Wildman–Crippen MR) is 68.2 cm³/mol. The van der Waals surface area contributed by atoms with Crippen molar-refractivity contribution in [1.29, 1.82) is 0 Å². The van der Waals surface area contributed by atoms with Crippen LogP contribution in [-0.4, -0.2) is 40.6 Å². The lowest BCUT2D eigenvalue weighted by Crippen LogP contribution is -2.51. The summed E-state index contributed by atoms with van der Waals surface area (Å²) in [5.41, 5.74) is 1.53. The molecule has 0 radical (unpaired) electrons. The molecule has 0 unspecified atom stereocenters. The number of aliphatic hydroxyl groups excluding tert-OH is 1. The second kappa shape index (κ2) is 4.38. The monoisotopic (exact) mass is 242 g/mol. The number of nitrogens with zero attached hydrogens (tertiary/aromatic N) is 2. The smallest absolute Gasteiger partial charge is 0.254 e. The van der Waals surface area contributed by atoms with E-state index in [9.17, 15) is 4.79 Å². The molecule has 3 rings (SSSR count). The molecule has 1 fully saturated rings. The van der Waals surface area contributed by atoms with Gasteiger partial charge in [0.2, 0.25) is 0 Å². The molecule has 92 valence electrons. The third-order valence-corrected chi connectivity index (χ3v) is 3.38. The minimum absolute atomic E-state index is 0.0262. The van der Waals surface area contributed by atoms with Crippen molar-refractivity contribution >= 4 is 16.8 Å². The lowest BCUT2D eigenvalue weighted by molar-refractivity contribution is 0.0364. The Morgan fingerprint density at radius 1 is 1.33 bits per heavy atom. The molecule has 1 aromatic carbocycles. The van der Waals surface area contributed by atoms with Crippen LogP contribution >= 0.6 is 0 Å². The van der Waals surface area contributed by atoms with Crippen LogP contribution in [-0.2, 0) is 0 Å². The topological polar surface area (TPSA) is 53.4 Å². The van der Waals surface area contributed by atoms with Gasteiger partial charge in [-0.15, -0.1) is 0 Å². The summed E-state index contributed by atoms with van der Waals surface area (Å²) < 4.78 is 0. The Morgan fingerprint density at radius 3 is 2.94 bits per heavy atom. The number of pyridine rings is 1. The maximum atomic E-state index is 12.3. The molecule has 1 saturated heterocycles. The van der Waals surface area contributed by atoms with Gasteiger partial charge >= 0.3 is 0 Å². The molecule has 4 nitrogen and oxygen atoms in total. The third kappa shape index (κ3) is 1.75. The van der Waals surface area contributed by atoms with E-state index in [1.165, 1.54) is 0 Å². The van der Waals surface area contributed by atoms with Gasteiger partial charge in [0.1, 0.15) is 0 Å². The zero-order chi connectivity index (χ0) is 12.5. The Bertz CT molecular complexity index is 586. The van der Waals surface area contributed by atoms with E-state index >= 15 is 0 Å². The van der Waals surface area contributed by atoms with Crippen LogP contribution in [0.4, 0.5) is 0 Å². The Kier molecular flexibility index (Phi) is 2.72. The highest BCUT2D eigenvalue weighted by molar-refractivity contribution is 6.06. The highest BCUT2D eigenvalue weighted by Crippen LogP contribution is 2.22. The van der Waals surface area contributed by atoms with Crippen LogP contribution in [0.5, 0.6) is 0 Å². The summed E-state index contributed by atoms with van der Waals surface area (Å²) in [6.07, 6.45) is 1.72. The van der Waals surface area contributed by atoms with Crippen LogP contribution in [0.25, 0.3) is 10.9 Å². The van der Waals surface area contributed by atoms with Crippen molar-refractivity contribution in [2.45, 2.75) is 0 Å². The largest absolute Gasteiger partial charge is 0.396 e. The minimum Gasteiger partial charge on any atom is -0.396 e. The summed E-state index contributed by atoms with van der Waals surface area (Å²) in [7, 11) is 0. The van der Waals surface area contributed by atoms with Crippen molar-refractivity contribution in [1.82, 2.24) is 9.88 Å². The summed E-state index contributed by atoms with van der Waals surface area (Å²) in [4.78, 5) is 18.3. The van der Waals surface area contributed by atoms with Gasteiger partial charge in [-0.1, -0.05) is 12.1 Å². The van der Waals surface area contributed by atoms with E-state index in [2.05, 4.69) is 4.98 Å². The van der Waals surface area contributed by atoms with Crippen molar-refractivity contribution in [3.05, 3.63) is 42.1 Å². The van der Waals surface area contributed by atoms with Crippen LogP contribution in [0.3, 0.4) is 0 Å². The molecular weight excluding hydrogens is 228 g/mol. The number of amides is 1. The van der Waals surface area contributed by atoms with Crippen molar-refractivity contribution in [3.8, 4) is 0 Å². The van der Waals surface area contributed by atoms with E-state index in [-0.39, 0.29) is 18.4 Å². The van der Waals surface area contributed by atoms with E-state index in [0.717, 1.165) is 10.9 Å². The number of hydrogen-bond donors (Lipinski definition) is 1. The Morgan fingerprint density at radius 2 is 2.17 bits per heavy atom. The molecule has 0 atom stereocenters. The molecular formula is C14H14N2O2. The van der Waals surface area contributed by atoms with Gasteiger partial charge in [-0.3, -0.25) is 9.78 Å². The standard InChI is InChI=1S/C14H14N2O2/c17-9-10-7-16(8-10)14(18)12-3-1-5-13-11(12)4-2-6-15-13/h1-6,10,17H,7-9H2. The first-order valence-electron chi connectivity index (χ1n) is 6.03. The maximum absolute atomic E-state index is 12.3. The van der Waals surface area contributed by atoms with Crippen molar-refractivity contribution in [2.75, 3.05) is 19.7 Å². The quantitative estimate of drug-likeness (QED) is 0.863. The molecule has 0 bridgehead atoms. The Hall–Kier alpha value is -1.94. The van der Waals surface area contributed by atoms with Crippen LogP contribution in [0.15, 0.2) is 36.5 Å². The molecule has 0 saturated carbocycles. The van der Waals surface area contributed by atoms with Crippen molar-refractivity contribution < 1.29 is 9.90 Å². The van der Waals surface area contributed by atoms with Gasteiger partial charge in [-0.25, -0.2) is 0 Å². The van der Waals surface area contributed by atoms with E-state index in [4.69, 9.17) is 5.11 Å². The molecule has 1 aliphatic heterocycles. The molecule has 1 aromatic heterocycles. The molecule has 1 amide bonds. The summed E-state index contributed by atoms with van der Waals surface area (Å²) in [6.45, 7) is 1.44. The van der Waals surface area contributed by atoms with Crippen molar-refractivity contribution in [3.63, 3.8) is 0 Å². The highest BCUT2D eigenvalue weighted by atomic mass is 16.3. The van der Waals surface area contributed by atoms with E-state index in [1.54, 1.807) is 11.1 Å². The Balaban J connectivity index is 1.93. The lowest BCUT2D eigenvalue weighted by atomic mass is 9.98. The van der Waals surface area contributed by atoms with Gasteiger partial charge in [-0.05, 0) is 18.2 Å². The molecule has 18 heavy (non-hydrogen) atoms. The number of aromatic nitrogens is 1. The normalized spacial score (nSPS) is 15.7. The minimum atomic E-state index is 0.0262. The average Bonchev–Trinajstić information content (AvgIpc) is 2.36. The van der Waals surface area contributed by atoms with Crippen LogP contribution in [0.1, 0.15) is 10.4 Å². The molecule has 0 spiro atoms. The molecule has 0 aliphatic carbocycles. The van der Waals surface area contributed by atoms with E-state index in [0.29, 0.717) is 18.7 Å². The number of rotatable bonds is 2. The van der Waals surface area contributed by atoms with Gasteiger partial charge in [0.25, 0.3) is 5.91 Å². The fourth-order valence-corrected chi connectivity index (χ4v) is 2.31. The van der Waals surface area contributed by atoms with Gasteiger partial charge in [-0.2, -0.15) is 0 Å². The number of fused-ring (bicyclic) bond motifs is 1. The van der Waals surface area contributed by atoms with Gasteiger partial charge in [0, 0.05) is 42.8 Å². The first kappa shape index (κ1) is 11.2. The van der Waals surface area contributed by atoms with Gasteiger partial charge in [0.15, 0.2) is 0 Å². The second-order valence-corrected chi connectivity index (χ2v) is 4.63. The number of aliphatic hydroxyl groups is 1. The average molecular weight is 242 g/mol. The highest BCUT2D eigenvalue weighted by Gasteiger charge is 2.31. The third-order valence-electron chi connectivity index (χ3n) is 3.38. The second-order valence-electron chi connectivity index (χ2n) is 4.63. The predicted octanol–water partition coefficient (Wildman–Crippen LogP) is 1.30. The molecule has 2 heterocycles. The molecule has 4 heteroatoms. The summed E-state index contributed by atoms with van der Waals surface area (Å²) >= 11 is 0.